The van der Waals surface area contributed by atoms with Crippen molar-refractivity contribution in [2.75, 3.05) is 50.1 Å². The highest BCUT2D eigenvalue weighted by Gasteiger charge is 2.42. The molecule has 0 unspecified atom stereocenters. The number of anilines is 2. The van der Waals surface area contributed by atoms with E-state index in [4.69, 9.17) is 27.9 Å². The highest BCUT2D eigenvalue weighted by atomic mass is 35.5. The van der Waals surface area contributed by atoms with Gasteiger partial charge in [0.2, 0.25) is 11.3 Å². The molecule has 0 aliphatic carbocycles. The summed E-state index contributed by atoms with van der Waals surface area (Å²) in [5.74, 6) is -0.102. The van der Waals surface area contributed by atoms with Crippen molar-refractivity contribution < 1.29 is 14.6 Å². The predicted octanol–water partition coefficient (Wildman–Crippen LogP) is 5.22. The van der Waals surface area contributed by atoms with Gasteiger partial charge in [-0.05, 0) is 62.3 Å². The number of rotatable bonds is 8. The van der Waals surface area contributed by atoms with Gasteiger partial charge in [-0.2, -0.15) is 0 Å². The van der Waals surface area contributed by atoms with Crippen LogP contribution >= 0.6 is 23.2 Å². The molecule has 1 N–H and O–H groups in total. The van der Waals surface area contributed by atoms with Gasteiger partial charge in [0.15, 0.2) is 0 Å². The van der Waals surface area contributed by atoms with Crippen molar-refractivity contribution in [2.24, 2.45) is 5.41 Å². The summed E-state index contributed by atoms with van der Waals surface area (Å²) in [7, 11) is 4.13. The molecule has 230 valence electrons. The van der Waals surface area contributed by atoms with E-state index in [1.807, 2.05) is 18.2 Å². The monoisotopic (exact) mass is 636 g/mol. The van der Waals surface area contributed by atoms with E-state index in [0.717, 1.165) is 31.0 Å². The fourth-order valence-corrected chi connectivity index (χ4v) is 6.44. The number of nitrogens with zero attached hydrogens (tertiary/aromatic N) is 6. The Hall–Kier alpha value is -3.86. The molecular formula is C32H34Cl2N6O4. The van der Waals surface area contributed by atoms with Gasteiger partial charge in [0, 0.05) is 43.5 Å². The lowest BCUT2D eigenvalue weighted by molar-refractivity contribution is 0.0695. The van der Waals surface area contributed by atoms with E-state index in [1.54, 1.807) is 35.2 Å². The number of ether oxygens (including phenoxy) is 1. The Morgan fingerprint density at radius 1 is 1.14 bits per heavy atom. The molecular weight excluding hydrogens is 603 g/mol. The maximum atomic E-state index is 13.3. The molecule has 0 amide bonds. The Morgan fingerprint density at radius 2 is 1.91 bits per heavy atom. The number of fused-ring (bicyclic) bond motifs is 1. The second-order valence-corrected chi connectivity index (χ2v) is 13.1. The second kappa shape index (κ2) is 11.6. The molecule has 6 rings (SSSR count). The van der Waals surface area contributed by atoms with Crippen LogP contribution in [0.25, 0.3) is 16.6 Å². The van der Waals surface area contributed by atoms with Gasteiger partial charge in [0.1, 0.15) is 23.0 Å². The van der Waals surface area contributed by atoms with E-state index in [-0.39, 0.29) is 22.4 Å². The van der Waals surface area contributed by atoms with Crippen molar-refractivity contribution in [2.45, 2.75) is 32.4 Å². The maximum Gasteiger partial charge on any atom is 0.341 e. The van der Waals surface area contributed by atoms with Gasteiger partial charge in [-0.25, -0.2) is 14.8 Å². The average Bonchev–Trinajstić information content (AvgIpc) is 3.25. The lowest BCUT2D eigenvalue weighted by Crippen LogP contribution is -2.57. The highest BCUT2D eigenvalue weighted by Crippen LogP contribution is 2.43. The topological polar surface area (TPSA) is 104 Å². The van der Waals surface area contributed by atoms with Crippen molar-refractivity contribution in [1.82, 2.24) is 19.4 Å². The Morgan fingerprint density at radius 3 is 2.57 bits per heavy atom. The first-order chi connectivity index (χ1) is 20.9. The number of hydrogen-bond acceptors (Lipinski definition) is 8. The molecule has 2 aliphatic heterocycles. The first-order valence-electron chi connectivity index (χ1n) is 14.4. The van der Waals surface area contributed by atoms with Crippen molar-refractivity contribution in [1.29, 1.82) is 0 Å². The average molecular weight is 638 g/mol. The summed E-state index contributed by atoms with van der Waals surface area (Å²) in [5.41, 5.74) is 0.815. The number of hydrogen-bond donors (Lipinski definition) is 1. The highest BCUT2D eigenvalue weighted by molar-refractivity contribution is 6.34. The quantitative estimate of drug-likeness (QED) is 0.279. The number of carbonyl (C=O) groups is 1. The number of pyridine rings is 3. The minimum Gasteiger partial charge on any atom is -0.477 e. The van der Waals surface area contributed by atoms with E-state index in [2.05, 4.69) is 52.6 Å². The third-order valence-corrected chi connectivity index (χ3v) is 9.51. The van der Waals surface area contributed by atoms with E-state index < -0.39 is 11.4 Å². The van der Waals surface area contributed by atoms with Gasteiger partial charge >= 0.3 is 5.97 Å². The van der Waals surface area contributed by atoms with Gasteiger partial charge in [0.05, 0.1) is 34.2 Å². The zero-order valence-corrected chi connectivity index (χ0v) is 26.5. The van der Waals surface area contributed by atoms with Crippen LogP contribution in [0.4, 0.5) is 11.5 Å². The molecule has 44 heavy (non-hydrogen) atoms. The van der Waals surface area contributed by atoms with Gasteiger partial charge in [-0.3, -0.25) is 4.79 Å². The van der Waals surface area contributed by atoms with Crippen molar-refractivity contribution >= 4 is 51.6 Å². The fourth-order valence-electron chi connectivity index (χ4n) is 5.99. The number of likely N-dealkylation sites (N-methyl/N-ethyl adjacent to an activating group) is 1. The van der Waals surface area contributed by atoms with Crippen molar-refractivity contribution in [3.8, 4) is 11.6 Å². The van der Waals surface area contributed by atoms with Crippen LogP contribution in [-0.4, -0.2) is 82.9 Å². The lowest BCUT2D eigenvalue weighted by atomic mass is 9.85. The van der Waals surface area contributed by atoms with Crippen LogP contribution in [0.2, 0.25) is 10.0 Å². The van der Waals surface area contributed by atoms with Gasteiger partial charge in [-0.1, -0.05) is 37.0 Å². The first-order valence-corrected chi connectivity index (χ1v) is 15.2. The molecule has 2 aliphatic rings. The third-order valence-electron chi connectivity index (χ3n) is 8.92. The minimum absolute atomic E-state index is 0.0857. The standard InChI is InChI=1S/C32H34Cl2N6O4/c1-32(2)9-11-39(27(32)18-44-30-23(33)6-5-10-35-30)26-13-25-21(12-24(26)34)29(41)22(31(42)43)17-40(25)19-7-8-28(36-14-19)38-15-20(16-38)37(3)4/h5-8,10,12-14,17,20,27H,9,11,15-16,18H2,1-4H3,(H,42,43)/t27-/m0/s1. The normalized spacial score (nSPS) is 18.2. The molecule has 0 bridgehead atoms. The first kappa shape index (κ1) is 30.2. The molecule has 2 fully saturated rings. The molecule has 0 spiro atoms. The van der Waals surface area contributed by atoms with E-state index in [9.17, 15) is 14.7 Å². The summed E-state index contributed by atoms with van der Waals surface area (Å²) >= 11 is 13.2. The summed E-state index contributed by atoms with van der Waals surface area (Å²) in [6.45, 7) is 7.15. The zero-order valence-electron chi connectivity index (χ0n) is 25.0. The van der Waals surface area contributed by atoms with E-state index >= 15 is 0 Å². The Kier molecular flexibility index (Phi) is 7.94. The smallest absolute Gasteiger partial charge is 0.341 e. The van der Waals surface area contributed by atoms with Crippen LogP contribution in [-0.2, 0) is 0 Å². The van der Waals surface area contributed by atoms with E-state index in [1.165, 1.54) is 6.20 Å². The number of halogens is 2. The Bertz CT molecular complexity index is 1790. The third kappa shape index (κ3) is 5.46. The molecule has 0 saturated carbocycles. The van der Waals surface area contributed by atoms with Crippen molar-refractivity contribution in [3.63, 3.8) is 0 Å². The number of carboxylic acid groups (broad SMARTS) is 1. The van der Waals surface area contributed by atoms with Gasteiger partial charge in [-0.15, -0.1) is 0 Å². The molecule has 1 atom stereocenters. The van der Waals surface area contributed by atoms with Crippen molar-refractivity contribution in [3.05, 3.63) is 80.8 Å². The molecule has 1 aromatic carbocycles. The van der Waals surface area contributed by atoms with Crippen LogP contribution in [0, 0.1) is 5.41 Å². The molecule has 2 saturated heterocycles. The van der Waals surface area contributed by atoms with Gasteiger partial charge in [0.25, 0.3) is 0 Å². The summed E-state index contributed by atoms with van der Waals surface area (Å²) in [5, 5.41) is 10.9. The van der Waals surface area contributed by atoms with Gasteiger partial charge < -0.3 is 29.1 Å². The van der Waals surface area contributed by atoms with Crippen LogP contribution in [0.3, 0.4) is 0 Å². The van der Waals surface area contributed by atoms with E-state index in [0.29, 0.717) is 46.3 Å². The number of benzene rings is 1. The summed E-state index contributed by atoms with van der Waals surface area (Å²) < 4.78 is 7.79. The summed E-state index contributed by atoms with van der Waals surface area (Å²) in [6.07, 6.45) is 5.58. The minimum atomic E-state index is -1.31. The number of carboxylic acids is 1. The fraction of sp³-hybridized carbons (Fsp3) is 0.375. The number of aromatic nitrogens is 3. The predicted molar refractivity (Wildman–Crippen MR) is 173 cm³/mol. The van der Waals surface area contributed by atoms with Crippen LogP contribution in [0.5, 0.6) is 5.88 Å². The second-order valence-electron chi connectivity index (χ2n) is 12.3. The molecule has 5 heterocycles. The molecule has 3 aromatic heterocycles. The molecule has 10 nitrogen and oxygen atoms in total. The molecule has 4 aromatic rings. The SMILES string of the molecule is CN(C)C1CN(c2ccc(-n3cc(C(=O)O)c(=O)c4cc(Cl)c(N5CCC(C)(C)[C@@H]5COc5ncccc5Cl)cc43)cn2)C1. The van der Waals surface area contributed by atoms with Crippen LogP contribution < -0.4 is 20.0 Å². The van der Waals surface area contributed by atoms with Crippen LogP contribution in [0.15, 0.2) is 59.8 Å². The maximum absolute atomic E-state index is 13.3. The summed E-state index contributed by atoms with van der Waals surface area (Å²) in [6, 6.07) is 11.1. The largest absolute Gasteiger partial charge is 0.477 e. The van der Waals surface area contributed by atoms with Crippen LogP contribution in [0.1, 0.15) is 30.6 Å². The number of aromatic carboxylic acids is 1. The lowest BCUT2D eigenvalue weighted by Gasteiger charge is -2.43. The molecule has 12 heteroatoms. The Balaban J connectivity index is 1.40. The Labute approximate surface area is 265 Å². The summed E-state index contributed by atoms with van der Waals surface area (Å²) in [4.78, 5) is 40.9. The molecule has 0 radical (unpaired) electrons. The zero-order chi connectivity index (χ0) is 31.3.